The van der Waals surface area contributed by atoms with Crippen molar-refractivity contribution in [1.82, 2.24) is 0 Å². The molecule has 0 radical (unpaired) electrons. The zero-order valence-corrected chi connectivity index (χ0v) is 15.3. The molecule has 0 amide bonds. The number of phenols is 1. The number of ether oxygens (including phenoxy) is 1. The molecule has 1 aromatic carbocycles. The zero-order valence-electron chi connectivity index (χ0n) is 15.3. The summed E-state index contributed by atoms with van der Waals surface area (Å²) in [6.07, 6.45) is 3.86. The Hall–Kier alpha value is -1.55. The molecule has 2 fully saturated rings. The monoisotopic (exact) mass is 344 g/mol. The highest BCUT2D eigenvalue weighted by molar-refractivity contribution is 5.74. The van der Waals surface area contributed by atoms with Gasteiger partial charge in [-0.25, -0.2) is 0 Å². The molecule has 5 unspecified atom stereocenters. The summed E-state index contributed by atoms with van der Waals surface area (Å²) in [5.74, 6) is 1.01. The van der Waals surface area contributed by atoms with Crippen molar-refractivity contribution in [1.29, 1.82) is 0 Å². The first kappa shape index (κ1) is 16.9. The van der Waals surface area contributed by atoms with Crippen LogP contribution < -0.4 is 0 Å². The summed E-state index contributed by atoms with van der Waals surface area (Å²) in [7, 11) is 1.46. The SMILES string of the molecule is COC(=O)C1CCC2C3CCc4c(O)ccc(C)c4C3[C@@H](O)CC12C. The number of methoxy groups -OCH3 is 1. The Morgan fingerprint density at radius 1 is 1.28 bits per heavy atom. The average molecular weight is 344 g/mol. The van der Waals surface area contributed by atoms with Crippen LogP contribution in [0, 0.1) is 30.1 Å². The van der Waals surface area contributed by atoms with Crippen LogP contribution in [0.3, 0.4) is 0 Å². The summed E-state index contributed by atoms with van der Waals surface area (Å²) < 4.78 is 5.06. The van der Waals surface area contributed by atoms with Crippen molar-refractivity contribution in [3.05, 3.63) is 28.8 Å². The Morgan fingerprint density at radius 3 is 2.76 bits per heavy atom. The van der Waals surface area contributed by atoms with Crippen LogP contribution in [0.25, 0.3) is 0 Å². The molecule has 0 aromatic heterocycles. The van der Waals surface area contributed by atoms with Crippen molar-refractivity contribution in [2.24, 2.45) is 23.2 Å². The van der Waals surface area contributed by atoms with Crippen LogP contribution in [0.4, 0.5) is 0 Å². The maximum Gasteiger partial charge on any atom is 0.309 e. The molecule has 2 saturated carbocycles. The minimum Gasteiger partial charge on any atom is -0.508 e. The average Bonchev–Trinajstić information content (AvgIpc) is 2.93. The van der Waals surface area contributed by atoms with Crippen molar-refractivity contribution < 1.29 is 19.7 Å². The summed E-state index contributed by atoms with van der Waals surface area (Å²) in [5.41, 5.74) is 3.15. The number of hydrogen-bond acceptors (Lipinski definition) is 4. The van der Waals surface area contributed by atoms with Gasteiger partial charge in [-0.2, -0.15) is 0 Å². The molecule has 0 heterocycles. The third kappa shape index (κ3) is 2.26. The van der Waals surface area contributed by atoms with Gasteiger partial charge in [0.25, 0.3) is 0 Å². The second-order valence-electron chi connectivity index (χ2n) is 8.56. The Morgan fingerprint density at radius 2 is 2.04 bits per heavy atom. The van der Waals surface area contributed by atoms with Gasteiger partial charge >= 0.3 is 5.97 Å². The van der Waals surface area contributed by atoms with Crippen molar-refractivity contribution in [3.8, 4) is 5.75 Å². The van der Waals surface area contributed by atoms with E-state index in [0.717, 1.165) is 42.4 Å². The van der Waals surface area contributed by atoms with E-state index in [1.165, 1.54) is 7.11 Å². The van der Waals surface area contributed by atoms with Gasteiger partial charge in [-0.15, -0.1) is 0 Å². The molecule has 2 N–H and O–H groups in total. The second-order valence-corrected chi connectivity index (χ2v) is 8.56. The fraction of sp³-hybridized carbons (Fsp3) is 0.667. The van der Waals surface area contributed by atoms with Gasteiger partial charge in [0.1, 0.15) is 5.75 Å². The molecule has 4 nitrogen and oxygen atoms in total. The van der Waals surface area contributed by atoms with Crippen LogP contribution in [0.2, 0.25) is 0 Å². The maximum atomic E-state index is 12.3. The summed E-state index contributed by atoms with van der Waals surface area (Å²) in [4.78, 5) is 12.3. The molecule has 4 rings (SSSR count). The van der Waals surface area contributed by atoms with E-state index in [0.29, 0.717) is 24.0 Å². The van der Waals surface area contributed by atoms with Crippen LogP contribution in [0.1, 0.15) is 55.2 Å². The van der Waals surface area contributed by atoms with Gasteiger partial charge in [0, 0.05) is 5.92 Å². The minimum absolute atomic E-state index is 0.0744. The standard InChI is InChI=1S/C21H28O4/c1-11-4-9-16(22)13-6-5-12-14-7-8-15(20(24)25-3)21(14,2)10-17(23)19(12)18(11)13/h4,9,12,14-15,17,19,22-23H,5-8,10H2,1-3H3/t12?,14?,15?,17-,19?,21?/m0/s1. The van der Waals surface area contributed by atoms with Crippen molar-refractivity contribution in [3.63, 3.8) is 0 Å². The van der Waals surface area contributed by atoms with Crippen molar-refractivity contribution in [2.75, 3.05) is 7.11 Å². The minimum atomic E-state index is -0.476. The smallest absolute Gasteiger partial charge is 0.309 e. The van der Waals surface area contributed by atoms with E-state index in [-0.39, 0.29) is 23.2 Å². The molecule has 4 heteroatoms. The first-order valence-electron chi connectivity index (χ1n) is 9.45. The molecule has 25 heavy (non-hydrogen) atoms. The van der Waals surface area contributed by atoms with Crippen LogP contribution in [0.15, 0.2) is 12.1 Å². The number of aliphatic hydroxyl groups excluding tert-OH is 1. The predicted octanol–water partition coefficient (Wildman–Crippen LogP) is 3.32. The van der Waals surface area contributed by atoms with Crippen LogP contribution in [-0.4, -0.2) is 29.4 Å². The Balaban J connectivity index is 1.76. The largest absolute Gasteiger partial charge is 0.508 e. The summed E-state index contributed by atoms with van der Waals surface area (Å²) >= 11 is 0. The molecule has 1 aromatic rings. The number of aryl methyl sites for hydroxylation is 1. The number of carbonyl (C=O) groups excluding carboxylic acids is 1. The molecule has 136 valence electrons. The number of phenolic OH excluding ortho intramolecular Hbond substituents is 1. The van der Waals surface area contributed by atoms with Gasteiger partial charge in [0.2, 0.25) is 0 Å². The van der Waals surface area contributed by atoms with Gasteiger partial charge in [-0.3, -0.25) is 4.79 Å². The lowest BCUT2D eigenvalue weighted by Crippen LogP contribution is -2.50. The van der Waals surface area contributed by atoms with E-state index >= 15 is 0 Å². The fourth-order valence-electron chi connectivity index (χ4n) is 6.50. The Bertz CT molecular complexity index is 712. The third-order valence-corrected chi connectivity index (χ3v) is 7.55. The van der Waals surface area contributed by atoms with E-state index in [9.17, 15) is 15.0 Å². The molecular formula is C21H28O4. The van der Waals surface area contributed by atoms with E-state index < -0.39 is 6.10 Å². The normalized spacial score (nSPS) is 39.3. The van der Waals surface area contributed by atoms with E-state index in [1.54, 1.807) is 6.07 Å². The van der Waals surface area contributed by atoms with E-state index in [4.69, 9.17) is 4.74 Å². The van der Waals surface area contributed by atoms with Gasteiger partial charge in [0.05, 0.1) is 19.1 Å². The molecule has 0 aliphatic heterocycles. The molecule has 0 saturated heterocycles. The lowest BCUT2D eigenvalue weighted by atomic mass is 9.53. The van der Waals surface area contributed by atoms with E-state index in [1.807, 2.05) is 6.07 Å². The van der Waals surface area contributed by atoms with Crippen molar-refractivity contribution in [2.45, 2.75) is 58.0 Å². The lowest BCUT2D eigenvalue weighted by molar-refractivity contribution is -0.153. The lowest BCUT2D eigenvalue weighted by Gasteiger charge is -2.53. The summed E-state index contributed by atoms with van der Waals surface area (Å²) in [6.45, 7) is 4.25. The number of hydrogen-bond donors (Lipinski definition) is 2. The Kier molecular flexibility index (Phi) is 3.87. The molecule has 0 spiro atoms. The molecule has 6 atom stereocenters. The van der Waals surface area contributed by atoms with Gasteiger partial charge in [-0.1, -0.05) is 13.0 Å². The quantitative estimate of drug-likeness (QED) is 0.767. The highest BCUT2D eigenvalue weighted by atomic mass is 16.5. The summed E-state index contributed by atoms with van der Waals surface area (Å²) in [6, 6.07) is 3.74. The number of aromatic hydroxyl groups is 1. The van der Waals surface area contributed by atoms with Gasteiger partial charge in [0.15, 0.2) is 0 Å². The Labute approximate surface area is 149 Å². The van der Waals surface area contributed by atoms with Crippen LogP contribution >= 0.6 is 0 Å². The topological polar surface area (TPSA) is 66.8 Å². The number of benzene rings is 1. The first-order valence-corrected chi connectivity index (χ1v) is 9.45. The van der Waals surface area contributed by atoms with Crippen molar-refractivity contribution >= 4 is 5.97 Å². The summed E-state index contributed by atoms with van der Waals surface area (Å²) in [5, 5.41) is 21.4. The third-order valence-electron chi connectivity index (χ3n) is 7.55. The van der Waals surface area contributed by atoms with Gasteiger partial charge < -0.3 is 14.9 Å². The molecular weight excluding hydrogens is 316 g/mol. The molecule has 3 aliphatic carbocycles. The van der Waals surface area contributed by atoms with Crippen LogP contribution in [0.5, 0.6) is 5.75 Å². The number of rotatable bonds is 1. The number of aliphatic hydroxyl groups is 1. The molecule has 0 bridgehead atoms. The number of fused-ring (bicyclic) bond motifs is 5. The van der Waals surface area contributed by atoms with Crippen LogP contribution in [-0.2, 0) is 16.0 Å². The van der Waals surface area contributed by atoms with E-state index in [2.05, 4.69) is 13.8 Å². The number of carbonyl (C=O) groups is 1. The van der Waals surface area contributed by atoms with Gasteiger partial charge in [-0.05, 0) is 79.0 Å². The second kappa shape index (κ2) is 5.73. The predicted molar refractivity (Wildman–Crippen MR) is 94.4 cm³/mol. The fourth-order valence-corrected chi connectivity index (χ4v) is 6.50. The first-order chi connectivity index (χ1) is 11.9. The zero-order chi connectivity index (χ0) is 17.9. The molecule has 3 aliphatic rings. The highest BCUT2D eigenvalue weighted by Gasteiger charge is 2.59. The highest BCUT2D eigenvalue weighted by Crippen LogP contribution is 2.63. The maximum absolute atomic E-state index is 12.3. The number of esters is 1.